The van der Waals surface area contributed by atoms with Gasteiger partial charge in [-0.05, 0) is 25.5 Å². The van der Waals surface area contributed by atoms with E-state index in [1.54, 1.807) is 10.9 Å². The first-order valence-electron chi connectivity index (χ1n) is 6.53. The summed E-state index contributed by atoms with van der Waals surface area (Å²) in [4.78, 5) is 8.54. The van der Waals surface area contributed by atoms with Gasteiger partial charge in [0, 0.05) is 6.54 Å². The van der Waals surface area contributed by atoms with Crippen LogP contribution in [0.5, 0.6) is 0 Å². The summed E-state index contributed by atoms with van der Waals surface area (Å²) in [5.74, 6) is 1.44. The van der Waals surface area contributed by atoms with Crippen LogP contribution in [0.25, 0.3) is 16.9 Å². The van der Waals surface area contributed by atoms with E-state index in [2.05, 4.69) is 37.5 Å². The Balaban J connectivity index is 2.07. The van der Waals surface area contributed by atoms with Gasteiger partial charge < -0.3 is 5.32 Å². The molecule has 0 spiro atoms. The highest BCUT2D eigenvalue weighted by atomic mass is 15.4. The monoisotopic (exact) mass is 269 g/mol. The van der Waals surface area contributed by atoms with E-state index in [1.165, 1.54) is 6.33 Å². The Labute approximate surface area is 116 Å². The van der Waals surface area contributed by atoms with Crippen molar-refractivity contribution < 1.29 is 0 Å². The molecule has 0 bridgehead atoms. The third-order valence-electron chi connectivity index (χ3n) is 2.91. The van der Waals surface area contributed by atoms with Crippen molar-refractivity contribution in [2.75, 3.05) is 11.9 Å². The number of nitrogens with one attached hydrogen (secondary N) is 1. The van der Waals surface area contributed by atoms with Gasteiger partial charge in [-0.1, -0.05) is 6.92 Å². The van der Waals surface area contributed by atoms with Gasteiger partial charge in [0.1, 0.15) is 12.1 Å². The molecule has 3 heterocycles. The summed E-state index contributed by atoms with van der Waals surface area (Å²) in [7, 11) is 0. The molecule has 0 saturated carbocycles. The Hall–Kier alpha value is -2.57. The van der Waals surface area contributed by atoms with Crippen molar-refractivity contribution in [1.29, 1.82) is 0 Å². The Morgan fingerprint density at radius 3 is 2.85 bits per heavy atom. The van der Waals surface area contributed by atoms with Gasteiger partial charge in [-0.2, -0.15) is 14.9 Å². The molecule has 1 N–H and O–H groups in total. The second kappa shape index (κ2) is 5.20. The van der Waals surface area contributed by atoms with Gasteiger partial charge in [0.25, 0.3) is 0 Å². The SMILES string of the molecule is CCCNc1ncnc2c1cnn2-c1ccc(C)nn1. The Morgan fingerprint density at radius 2 is 2.10 bits per heavy atom. The molecule has 0 radical (unpaired) electrons. The molecule has 7 nitrogen and oxygen atoms in total. The maximum atomic E-state index is 4.34. The molecular formula is C13H15N7. The molecule has 3 rings (SSSR count). The van der Waals surface area contributed by atoms with E-state index in [1.807, 2.05) is 19.1 Å². The van der Waals surface area contributed by atoms with Crippen molar-refractivity contribution in [2.24, 2.45) is 0 Å². The maximum Gasteiger partial charge on any atom is 0.178 e. The second-order valence-corrected chi connectivity index (χ2v) is 4.48. The van der Waals surface area contributed by atoms with E-state index in [0.717, 1.165) is 35.5 Å². The van der Waals surface area contributed by atoms with Crippen LogP contribution in [-0.2, 0) is 0 Å². The lowest BCUT2D eigenvalue weighted by atomic mass is 10.3. The molecule has 0 aromatic carbocycles. The highest BCUT2D eigenvalue weighted by Crippen LogP contribution is 2.20. The van der Waals surface area contributed by atoms with E-state index in [9.17, 15) is 0 Å². The van der Waals surface area contributed by atoms with Crippen molar-refractivity contribution >= 4 is 16.9 Å². The van der Waals surface area contributed by atoms with Crippen molar-refractivity contribution in [3.05, 3.63) is 30.4 Å². The summed E-state index contributed by atoms with van der Waals surface area (Å²) in [6.07, 6.45) is 4.30. The van der Waals surface area contributed by atoms with Gasteiger partial charge in [-0.3, -0.25) is 0 Å². The molecule has 3 aromatic rings. The topological polar surface area (TPSA) is 81.4 Å². The van der Waals surface area contributed by atoms with Gasteiger partial charge >= 0.3 is 0 Å². The van der Waals surface area contributed by atoms with Gasteiger partial charge in [0.15, 0.2) is 11.5 Å². The summed E-state index contributed by atoms with van der Waals surface area (Å²) in [6.45, 7) is 4.87. The molecule has 0 aliphatic heterocycles. The first kappa shape index (κ1) is 12.5. The van der Waals surface area contributed by atoms with E-state index in [4.69, 9.17) is 0 Å². The normalized spacial score (nSPS) is 10.9. The lowest BCUT2D eigenvalue weighted by Crippen LogP contribution is -2.05. The van der Waals surface area contributed by atoms with Crippen LogP contribution in [0.2, 0.25) is 0 Å². The molecule has 102 valence electrons. The van der Waals surface area contributed by atoms with Gasteiger partial charge in [0.2, 0.25) is 0 Å². The molecule has 0 amide bonds. The molecular weight excluding hydrogens is 254 g/mol. The van der Waals surface area contributed by atoms with E-state index >= 15 is 0 Å². The molecule has 0 saturated heterocycles. The number of aryl methyl sites for hydroxylation is 1. The quantitative estimate of drug-likeness (QED) is 0.777. The second-order valence-electron chi connectivity index (χ2n) is 4.48. The van der Waals surface area contributed by atoms with Crippen molar-refractivity contribution in [3.63, 3.8) is 0 Å². The summed E-state index contributed by atoms with van der Waals surface area (Å²) in [5.41, 5.74) is 1.59. The molecule has 0 fully saturated rings. The standard InChI is InChI=1S/C13H15N7/c1-3-6-14-12-10-7-17-20(13(10)16-8-15-12)11-5-4-9(2)18-19-11/h4-5,7-8H,3,6H2,1-2H3,(H,14,15,16). The number of anilines is 1. The molecule has 0 aliphatic rings. The number of nitrogens with zero attached hydrogens (tertiary/aromatic N) is 6. The molecule has 0 atom stereocenters. The molecule has 0 aliphatic carbocycles. The Bertz CT molecular complexity index is 717. The fraction of sp³-hybridized carbons (Fsp3) is 0.308. The maximum absolute atomic E-state index is 4.34. The fourth-order valence-electron chi connectivity index (χ4n) is 1.90. The number of hydrogen-bond donors (Lipinski definition) is 1. The van der Waals surface area contributed by atoms with Crippen LogP contribution >= 0.6 is 0 Å². The Morgan fingerprint density at radius 1 is 1.20 bits per heavy atom. The third-order valence-corrected chi connectivity index (χ3v) is 2.91. The zero-order chi connectivity index (χ0) is 13.9. The molecule has 0 unspecified atom stereocenters. The number of aromatic nitrogens is 6. The molecule has 20 heavy (non-hydrogen) atoms. The number of hydrogen-bond acceptors (Lipinski definition) is 6. The summed E-state index contributed by atoms with van der Waals surface area (Å²) < 4.78 is 1.67. The zero-order valence-corrected chi connectivity index (χ0v) is 11.4. The largest absolute Gasteiger partial charge is 0.369 e. The predicted molar refractivity (Wildman–Crippen MR) is 75.8 cm³/mol. The van der Waals surface area contributed by atoms with Crippen LogP contribution in [-0.4, -0.2) is 36.5 Å². The van der Waals surface area contributed by atoms with Crippen LogP contribution in [0.1, 0.15) is 19.0 Å². The summed E-state index contributed by atoms with van der Waals surface area (Å²) in [5, 5.41) is 16.7. The fourth-order valence-corrected chi connectivity index (χ4v) is 1.90. The first-order chi connectivity index (χ1) is 9.79. The number of rotatable bonds is 4. The van der Waals surface area contributed by atoms with Crippen LogP contribution in [0.3, 0.4) is 0 Å². The highest BCUT2D eigenvalue weighted by molar-refractivity contribution is 5.86. The minimum Gasteiger partial charge on any atom is -0.369 e. The van der Waals surface area contributed by atoms with Crippen molar-refractivity contribution in [2.45, 2.75) is 20.3 Å². The van der Waals surface area contributed by atoms with Gasteiger partial charge in [0.05, 0.1) is 17.3 Å². The predicted octanol–water partition coefficient (Wildman–Crippen LogP) is 1.74. The van der Waals surface area contributed by atoms with Crippen LogP contribution in [0, 0.1) is 6.92 Å². The van der Waals surface area contributed by atoms with Crippen molar-refractivity contribution in [3.8, 4) is 5.82 Å². The van der Waals surface area contributed by atoms with Crippen LogP contribution in [0.15, 0.2) is 24.7 Å². The van der Waals surface area contributed by atoms with Crippen LogP contribution < -0.4 is 5.32 Å². The van der Waals surface area contributed by atoms with E-state index in [-0.39, 0.29) is 0 Å². The van der Waals surface area contributed by atoms with E-state index < -0.39 is 0 Å². The first-order valence-corrected chi connectivity index (χ1v) is 6.53. The van der Waals surface area contributed by atoms with Crippen LogP contribution in [0.4, 0.5) is 5.82 Å². The summed E-state index contributed by atoms with van der Waals surface area (Å²) >= 11 is 0. The number of fused-ring (bicyclic) bond motifs is 1. The average molecular weight is 269 g/mol. The smallest absolute Gasteiger partial charge is 0.178 e. The minimum atomic E-state index is 0.644. The highest BCUT2D eigenvalue weighted by Gasteiger charge is 2.11. The minimum absolute atomic E-state index is 0.644. The average Bonchev–Trinajstić information content (AvgIpc) is 2.90. The molecule has 3 aromatic heterocycles. The van der Waals surface area contributed by atoms with E-state index in [0.29, 0.717) is 5.82 Å². The Kier molecular flexibility index (Phi) is 3.24. The summed E-state index contributed by atoms with van der Waals surface area (Å²) in [6, 6.07) is 3.77. The van der Waals surface area contributed by atoms with Crippen molar-refractivity contribution in [1.82, 2.24) is 29.9 Å². The lowest BCUT2D eigenvalue weighted by molar-refractivity contribution is 0.818. The third kappa shape index (κ3) is 2.18. The van der Waals surface area contributed by atoms with Gasteiger partial charge in [-0.25, -0.2) is 9.97 Å². The zero-order valence-electron chi connectivity index (χ0n) is 11.4. The van der Waals surface area contributed by atoms with Gasteiger partial charge in [-0.15, -0.1) is 5.10 Å². The molecule has 7 heteroatoms. The lowest BCUT2D eigenvalue weighted by Gasteiger charge is -2.05.